The predicted octanol–water partition coefficient (Wildman–Crippen LogP) is 5.53. The van der Waals surface area contributed by atoms with Gasteiger partial charge in [0.05, 0.1) is 19.8 Å². The van der Waals surface area contributed by atoms with Crippen molar-refractivity contribution in [2.75, 3.05) is 37.1 Å². The Balaban J connectivity index is 6.55. The third kappa shape index (κ3) is 11.4. The van der Waals surface area contributed by atoms with Gasteiger partial charge < -0.3 is 0 Å². The fourth-order valence-electron chi connectivity index (χ4n) is 2.51. The number of hydrogen-bond donors (Lipinski definition) is 0. The van der Waals surface area contributed by atoms with E-state index in [0.717, 1.165) is 0 Å². The van der Waals surface area contributed by atoms with Gasteiger partial charge in [0, 0.05) is 5.41 Å². The minimum Gasteiger partial charge on any atom is -0.269 e. The van der Waals surface area contributed by atoms with Crippen LogP contribution in [0.25, 0.3) is 0 Å². The SMILES string of the molecule is CC(COS(=O)(=O)CC(F)(F)C(F)(F)C(F)(F)F)(COS(=O)(=O)CC(F)(F)C(F)(F)C(F)(F)F)COS(=O)(=O)CC(F)(F)C(F)(F)C(F)(F)F. The van der Waals surface area contributed by atoms with Crippen LogP contribution in [0.5, 0.6) is 0 Å². The van der Waals surface area contributed by atoms with Gasteiger partial charge >= 0.3 is 54.1 Å². The molecule has 33 heteroatoms. The van der Waals surface area contributed by atoms with Gasteiger partial charge in [0.15, 0.2) is 0 Å². The molecule has 0 rings (SSSR count). The van der Waals surface area contributed by atoms with E-state index in [1.54, 1.807) is 0 Å². The highest BCUT2D eigenvalue weighted by molar-refractivity contribution is 7.87. The molecule has 0 aliphatic carbocycles. The smallest absolute Gasteiger partial charge is 0.269 e. The zero-order chi connectivity index (χ0) is 40.9. The van der Waals surface area contributed by atoms with E-state index >= 15 is 0 Å². The zero-order valence-electron chi connectivity index (χ0n) is 23.1. The van der Waals surface area contributed by atoms with Crippen LogP contribution in [0.1, 0.15) is 6.92 Å². The van der Waals surface area contributed by atoms with Crippen molar-refractivity contribution in [2.45, 2.75) is 61.0 Å². The average molecular weight is 858 g/mol. The van der Waals surface area contributed by atoms with Crippen molar-refractivity contribution in [3.63, 3.8) is 0 Å². The van der Waals surface area contributed by atoms with E-state index in [0.29, 0.717) is 0 Å². The van der Waals surface area contributed by atoms with Gasteiger partial charge in [-0.05, 0) is 0 Å². The molecule has 0 atom stereocenters. The Morgan fingerprint density at radius 2 is 0.520 bits per heavy atom. The molecular formula is C17H15F21O9S3. The largest absolute Gasteiger partial charge is 0.459 e. The molecule has 0 spiro atoms. The highest BCUT2D eigenvalue weighted by atomic mass is 32.2. The molecule has 0 radical (unpaired) electrons. The summed E-state index contributed by atoms with van der Waals surface area (Å²) in [6, 6.07) is 0. The molecule has 0 aliphatic rings. The van der Waals surface area contributed by atoms with Gasteiger partial charge in [0.2, 0.25) is 0 Å². The van der Waals surface area contributed by atoms with Crippen LogP contribution in [-0.4, -0.2) is 116 Å². The molecule has 302 valence electrons. The van der Waals surface area contributed by atoms with Crippen LogP contribution in [-0.2, 0) is 42.9 Å². The summed E-state index contributed by atoms with van der Waals surface area (Å²) in [5, 5.41) is 0. The summed E-state index contributed by atoms with van der Waals surface area (Å²) in [5.41, 5.74) is -3.43. The van der Waals surface area contributed by atoms with Crippen molar-refractivity contribution in [3.8, 4) is 0 Å². The van der Waals surface area contributed by atoms with Crippen LogP contribution in [0.3, 0.4) is 0 Å². The first kappa shape index (κ1) is 48.3. The molecule has 50 heavy (non-hydrogen) atoms. The van der Waals surface area contributed by atoms with E-state index in [1.165, 1.54) is 0 Å². The lowest BCUT2D eigenvalue weighted by atomic mass is 9.95. The lowest BCUT2D eigenvalue weighted by molar-refractivity contribution is -0.349. The first-order valence-electron chi connectivity index (χ1n) is 11.3. The average Bonchev–Trinajstić information content (AvgIpc) is 2.81. The summed E-state index contributed by atoms with van der Waals surface area (Å²) in [5.74, 6) is -52.6. The van der Waals surface area contributed by atoms with Crippen molar-refractivity contribution in [1.82, 2.24) is 0 Å². The molecule has 0 saturated heterocycles. The maximum atomic E-state index is 13.5. The van der Waals surface area contributed by atoms with Gasteiger partial charge in [0.1, 0.15) is 17.3 Å². The molecule has 0 heterocycles. The minimum absolute atomic E-state index is 0.0268. The molecule has 0 aromatic heterocycles. The normalized spacial score (nSPS) is 16.2. The summed E-state index contributed by atoms with van der Waals surface area (Å²) < 4.78 is 351. The lowest BCUT2D eigenvalue weighted by Crippen LogP contribution is -2.55. The van der Waals surface area contributed by atoms with Crippen LogP contribution >= 0.6 is 0 Å². The third-order valence-corrected chi connectivity index (χ3v) is 8.86. The van der Waals surface area contributed by atoms with Gasteiger partial charge in [-0.1, -0.05) is 6.92 Å². The second kappa shape index (κ2) is 13.9. The quantitative estimate of drug-likeness (QED) is 0.129. The molecule has 0 saturated carbocycles. The van der Waals surface area contributed by atoms with Crippen molar-refractivity contribution in [1.29, 1.82) is 0 Å². The van der Waals surface area contributed by atoms with Crippen LogP contribution < -0.4 is 0 Å². The van der Waals surface area contributed by atoms with Crippen LogP contribution in [0.2, 0.25) is 0 Å². The maximum absolute atomic E-state index is 13.5. The third-order valence-electron chi connectivity index (χ3n) is 5.28. The van der Waals surface area contributed by atoms with Crippen molar-refractivity contribution >= 4 is 30.4 Å². The zero-order valence-corrected chi connectivity index (χ0v) is 25.5. The fourth-order valence-corrected chi connectivity index (χ4v) is 6.02. The molecule has 0 aromatic rings. The Kier molecular flexibility index (Phi) is 13.4. The first-order valence-corrected chi connectivity index (χ1v) is 16.1. The van der Waals surface area contributed by atoms with Gasteiger partial charge in [-0.2, -0.15) is 117 Å². The monoisotopic (exact) mass is 858 g/mol. The number of hydrogen-bond acceptors (Lipinski definition) is 9. The minimum atomic E-state index is -7.18. The molecule has 0 unspecified atom stereocenters. The Morgan fingerprint density at radius 1 is 0.360 bits per heavy atom. The van der Waals surface area contributed by atoms with Crippen molar-refractivity contribution in [3.05, 3.63) is 0 Å². The number of halogens is 21. The second-order valence-electron chi connectivity index (χ2n) is 10.0. The molecular weight excluding hydrogens is 843 g/mol. The summed E-state index contributed by atoms with van der Waals surface area (Å²) >= 11 is 0. The predicted molar refractivity (Wildman–Crippen MR) is 115 cm³/mol. The summed E-state index contributed by atoms with van der Waals surface area (Å²) in [6.07, 6.45) is -21.5. The van der Waals surface area contributed by atoms with E-state index in [1.807, 2.05) is 0 Å². The van der Waals surface area contributed by atoms with Crippen LogP contribution in [0.15, 0.2) is 0 Å². The summed E-state index contributed by atoms with van der Waals surface area (Å²) in [6.45, 7) is -7.32. The molecule has 0 bridgehead atoms. The van der Waals surface area contributed by atoms with Crippen LogP contribution in [0.4, 0.5) is 92.2 Å². The Labute approximate surface area is 264 Å². The molecule has 0 N–H and O–H groups in total. The Hall–Kier alpha value is -1.74. The van der Waals surface area contributed by atoms with Crippen LogP contribution in [0, 0.1) is 5.41 Å². The fraction of sp³-hybridized carbons (Fsp3) is 1.00. The van der Waals surface area contributed by atoms with Crippen molar-refractivity contribution in [2.24, 2.45) is 5.41 Å². The molecule has 9 nitrogen and oxygen atoms in total. The molecule has 0 aliphatic heterocycles. The van der Waals surface area contributed by atoms with Gasteiger partial charge in [-0.25, -0.2) is 0 Å². The van der Waals surface area contributed by atoms with Crippen molar-refractivity contribution < 1.29 is 130 Å². The highest BCUT2D eigenvalue weighted by Crippen LogP contribution is 2.49. The van der Waals surface area contributed by atoms with E-state index in [-0.39, 0.29) is 6.92 Å². The van der Waals surface area contributed by atoms with Gasteiger partial charge in [-0.15, -0.1) is 0 Å². The topological polar surface area (TPSA) is 130 Å². The summed E-state index contributed by atoms with van der Waals surface area (Å²) in [7, 11) is -19.7. The Morgan fingerprint density at radius 3 is 0.660 bits per heavy atom. The Bertz CT molecular complexity index is 1330. The summed E-state index contributed by atoms with van der Waals surface area (Å²) in [4.78, 5) is 0. The second-order valence-corrected chi connectivity index (χ2v) is 15.0. The van der Waals surface area contributed by atoms with E-state index in [4.69, 9.17) is 0 Å². The van der Waals surface area contributed by atoms with E-state index in [2.05, 4.69) is 12.5 Å². The lowest BCUT2D eigenvalue weighted by Gasteiger charge is -2.31. The van der Waals surface area contributed by atoms with E-state index < -0.39 is 127 Å². The van der Waals surface area contributed by atoms with Gasteiger partial charge in [0.25, 0.3) is 30.4 Å². The molecule has 0 fully saturated rings. The maximum Gasteiger partial charge on any atom is 0.459 e. The van der Waals surface area contributed by atoms with Gasteiger partial charge in [-0.3, -0.25) is 12.5 Å². The number of rotatable bonds is 18. The molecule has 0 aromatic carbocycles. The van der Waals surface area contributed by atoms with E-state index in [9.17, 15) is 117 Å². The standard InChI is InChI=1S/C17H15F21O9S3/c1-8(2-45-48(39,40)5-9(18,19)12(24,25)15(30,31)32,3-46-49(41,42)6-10(20,21)13(26,27)16(33,34)35)4-47-50(43,44)7-11(22,23)14(28,29)17(36,37)38/h2-7H2,1H3. The highest BCUT2D eigenvalue weighted by Gasteiger charge is 2.76. The first-order chi connectivity index (χ1) is 21.2. The molecule has 0 amide bonds. The number of alkyl halides is 21.